The molecule has 0 aromatic heterocycles. The summed E-state index contributed by atoms with van der Waals surface area (Å²) < 4.78 is 10.4. The van der Waals surface area contributed by atoms with Gasteiger partial charge in [-0.3, -0.25) is 9.59 Å². The Hall–Kier alpha value is -2.66. The van der Waals surface area contributed by atoms with Gasteiger partial charge in [-0.25, -0.2) is 0 Å². The molecule has 2 rings (SSSR count). The van der Waals surface area contributed by atoms with Gasteiger partial charge in [0.05, 0.1) is 6.61 Å². The number of rotatable bonds is 8. The smallest absolute Gasteiger partial charge is 0.292 e. The maximum Gasteiger partial charge on any atom is 0.292 e. The van der Waals surface area contributed by atoms with Crippen molar-refractivity contribution in [3.05, 3.63) is 65.2 Å². The molecular formula is C19H21NO4. The van der Waals surface area contributed by atoms with Gasteiger partial charge in [-0.05, 0) is 24.6 Å². The van der Waals surface area contributed by atoms with Crippen LogP contribution in [0.5, 0.6) is 5.75 Å². The Morgan fingerprint density at radius 1 is 1.04 bits per heavy atom. The standard InChI is InChI=1S/C19H21NO4/c1-14-6-8-16(9-7-14)18(21)19(22)20-13-15-4-3-5-17(12-15)24-11-10-23-2/h3-9,12H,10-11,13H2,1-2H3,(H,20,22). The first-order valence-corrected chi connectivity index (χ1v) is 7.70. The number of Topliss-reactive ketones (excluding diaryl/α,β-unsaturated/α-hetero) is 1. The van der Waals surface area contributed by atoms with E-state index in [1.165, 1.54) is 0 Å². The molecule has 1 amide bonds. The lowest BCUT2D eigenvalue weighted by atomic mass is 10.1. The van der Waals surface area contributed by atoms with Crippen molar-refractivity contribution in [1.82, 2.24) is 5.32 Å². The van der Waals surface area contributed by atoms with Crippen molar-refractivity contribution in [3.63, 3.8) is 0 Å². The topological polar surface area (TPSA) is 64.6 Å². The summed E-state index contributed by atoms with van der Waals surface area (Å²) in [5, 5.41) is 2.64. The SMILES string of the molecule is COCCOc1cccc(CNC(=O)C(=O)c2ccc(C)cc2)c1. The minimum Gasteiger partial charge on any atom is -0.491 e. The van der Waals surface area contributed by atoms with Crippen molar-refractivity contribution in [1.29, 1.82) is 0 Å². The third kappa shape index (κ3) is 5.21. The van der Waals surface area contributed by atoms with Crippen LogP contribution < -0.4 is 10.1 Å². The molecule has 0 bridgehead atoms. The number of nitrogens with one attached hydrogen (secondary N) is 1. The van der Waals surface area contributed by atoms with Gasteiger partial charge in [-0.15, -0.1) is 0 Å². The van der Waals surface area contributed by atoms with Crippen LogP contribution in [0.2, 0.25) is 0 Å². The van der Waals surface area contributed by atoms with Gasteiger partial charge in [0, 0.05) is 19.2 Å². The van der Waals surface area contributed by atoms with E-state index in [1.807, 2.05) is 31.2 Å². The Bertz CT molecular complexity index is 695. The highest BCUT2D eigenvalue weighted by atomic mass is 16.5. The highest BCUT2D eigenvalue weighted by Crippen LogP contribution is 2.13. The molecule has 5 heteroatoms. The molecule has 0 aliphatic heterocycles. The van der Waals surface area contributed by atoms with Gasteiger partial charge in [0.15, 0.2) is 0 Å². The molecule has 2 aromatic rings. The lowest BCUT2D eigenvalue weighted by Gasteiger charge is -2.08. The molecule has 0 spiro atoms. The summed E-state index contributed by atoms with van der Waals surface area (Å²) in [7, 11) is 1.61. The molecule has 0 atom stereocenters. The zero-order chi connectivity index (χ0) is 17.4. The molecule has 0 heterocycles. The summed E-state index contributed by atoms with van der Waals surface area (Å²) in [4.78, 5) is 24.1. The molecule has 5 nitrogen and oxygen atoms in total. The second-order valence-corrected chi connectivity index (χ2v) is 5.37. The highest BCUT2D eigenvalue weighted by Gasteiger charge is 2.15. The van der Waals surface area contributed by atoms with E-state index in [4.69, 9.17) is 9.47 Å². The maximum absolute atomic E-state index is 12.1. The van der Waals surface area contributed by atoms with Crippen molar-refractivity contribution < 1.29 is 19.1 Å². The third-order valence-electron chi connectivity index (χ3n) is 3.43. The zero-order valence-corrected chi connectivity index (χ0v) is 13.9. The van der Waals surface area contributed by atoms with E-state index in [-0.39, 0.29) is 6.54 Å². The number of methoxy groups -OCH3 is 1. The van der Waals surface area contributed by atoms with Crippen molar-refractivity contribution in [2.45, 2.75) is 13.5 Å². The molecule has 0 aliphatic rings. The monoisotopic (exact) mass is 327 g/mol. The summed E-state index contributed by atoms with van der Waals surface area (Å²) >= 11 is 0. The normalized spacial score (nSPS) is 10.2. The van der Waals surface area contributed by atoms with Crippen LogP contribution in [-0.4, -0.2) is 32.0 Å². The van der Waals surface area contributed by atoms with Crippen LogP contribution in [0.15, 0.2) is 48.5 Å². The van der Waals surface area contributed by atoms with Gasteiger partial charge in [-0.2, -0.15) is 0 Å². The van der Waals surface area contributed by atoms with Crippen LogP contribution in [0, 0.1) is 6.92 Å². The number of amides is 1. The average Bonchev–Trinajstić information content (AvgIpc) is 2.60. The first-order valence-electron chi connectivity index (χ1n) is 7.70. The quantitative estimate of drug-likeness (QED) is 0.460. The summed E-state index contributed by atoms with van der Waals surface area (Å²) in [5.74, 6) is -0.462. The number of ether oxygens (including phenoxy) is 2. The van der Waals surface area contributed by atoms with Crippen LogP contribution in [-0.2, 0) is 16.1 Å². The van der Waals surface area contributed by atoms with Crippen molar-refractivity contribution in [2.75, 3.05) is 20.3 Å². The van der Waals surface area contributed by atoms with E-state index in [1.54, 1.807) is 31.4 Å². The van der Waals surface area contributed by atoms with Crippen molar-refractivity contribution in [2.24, 2.45) is 0 Å². The Morgan fingerprint density at radius 3 is 2.50 bits per heavy atom. The van der Waals surface area contributed by atoms with E-state index in [0.717, 1.165) is 11.1 Å². The number of benzene rings is 2. The van der Waals surface area contributed by atoms with Crippen molar-refractivity contribution in [3.8, 4) is 5.75 Å². The van der Waals surface area contributed by atoms with E-state index >= 15 is 0 Å². The fourth-order valence-electron chi connectivity index (χ4n) is 2.09. The molecule has 0 radical (unpaired) electrons. The predicted octanol–water partition coefficient (Wildman–Crippen LogP) is 2.52. The second kappa shape index (κ2) is 8.84. The Morgan fingerprint density at radius 2 is 1.79 bits per heavy atom. The molecule has 0 saturated carbocycles. The van der Waals surface area contributed by atoms with Gasteiger partial charge in [0.1, 0.15) is 12.4 Å². The molecule has 2 aromatic carbocycles. The van der Waals surface area contributed by atoms with E-state index in [0.29, 0.717) is 24.5 Å². The fraction of sp³-hybridized carbons (Fsp3) is 0.263. The minimum absolute atomic E-state index is 0.262. The molecular weight excluding hydrogens is 306 g/mol. The third-order valence-corrected chi connectivity index (χ3v) is 3.43. The second-order valence-electron chi connectivity index (χ2n) is 5.37. The highest BCUT2D eigenvalue weighted by molar-refractivity contribution is 6.42. The first kappa shape index (κ1) is 17.7. The molecule has 24 heavy (non-hydrogen) atoms. The molecule has 1 N–H and O–H groups in total. The largest absolute Gasteiger partial charge is 0.491 e. The van der Waals surface area contributed by atoms with Gasteiger partial charge in [0.25, 0.3) is 5.91 Å². The summed E-state index contributed by atoms with van der Waals surface area (Å²) in [6.07, 6.45) is 0. The summed E-state index contributed by atoms with van der Waals surface area (Å²) in [6.45, 7) is 3.15. The summed E-state index contributed by atoms with van der Waals surface area (Å²) in [5.41, 5.74) is 2.28. The fourth-order valence-corrected chi connectivity index (χ4v) is 2.09. The van der Waals surface area contributed by atoms with Gasteiger partial charge in [-0.1, -0.05) is 42.0 Å². The number of hydrogen-bond acceptors (Lipinski definition) is 4. The van der Waals surface area contributed by atoms with Crippen LogP contribution >= 0.6 is 0 Å². The first-order chi connectivity index (χ1) is 11.6. The number of ketones is 1. The van der Waals surface area contributed by atoms with E-state index in [2.05, 4.69) is 5.32 Å². The molecule has 126 valence electrons. The maximum atomic E-state index is 12.1. The van der Waals surface area contributed by atoms with Crippen molar-refractivity contribution >= 4 is 11.7 Å². The average molecular weight is 327 g/mol. The van der Waals surface area contributed by atoms with Crippen LogP contribution in [0.4, 0.5) is 0 Å². The Labute approximate surface area is 141 Å². The lowest BCUT2D eigenvalue weighted by Crippen LogP contribution is -2.30. The van der Waals surface area contributed by atoms with Gasteiger partial charge >= 0.3 is 0 Å². The zero-order valence-electron chi connectivity index (χ0n) is 13.9. The van der Waals surface area contributed by atoms with Crippen LogP contribution in [0.3, 0.4) is 0 Å². The summed E-state index contributed by atoms with van der Waals surface area (Å²) in [6, 6.07) is 14.3. The van der Waals surface area contributed by atoms with Gasteiger partial charge in [0.2, 0.25) is 5.78 Å². The van der Waals surface area contributed by atoms with E-state index in [9.17, 15) is 9.59 Å². The van der Waals surface area contributed by atoms with Gasteiger partial charge < -0.3 is 14.8 Å². The van der Waals surface area contributed by atoms with Crippen LogP contribution in [0.1, 0.15) is 21.5 Å². The number of aryl methyl sites for hydroxylation is 1. The van der Waals surface area contributed by atoms with Crippen LogP contribution in [0.25, 0.3) is 0 Å². The number of carbonyl (C=O) groups excluding carboxylic acids is 2. The molecule has 0 unspecified atom stereocenters. The predicted molar refractivity (Wildman–Crippen MR) is 91.2 cm³/mol. The minimum atomic E-state index is -0.621. The Balaban J connectivity index is 1.90. The lowest BCUT2D eigenvalue weighted by molar-refractivity contribution is -0.117. The van der Waals surface area contributed by atoms with E-state index < -0.39 is 11.7 Å². The molecule has 0 aliphatic carbocycles. The number of hydrogen-bond donors (Lipinski definition) is 1. The number of carbonyl (C=O) groups is 2. The molecule has 0 saturated heterocycles. The Kier molecular flexibility index (Phi) is 6.51. The molecule has 0 fully saturated rings.